The number of hydrogen-bond acceptors (Lipinski definition) is 3. The normalized spacial score (nSPS) is 23.9. The molecule has 0 bridgehead atoms. The molecule has 0 saturated carbocycles. The third kappa shape index (κ3) is 2.93. The Balaban J connectivity index is 1.98. The monoisotopic (exact) mass is 266 g/mol. The molecule has 1 fully saturated rings. The summed E-state index contributed by atoms with van der Waals surface area (Å²) in [6, 6.07) is 2.11. The average molecular weight is 266 g/mol. The number of thiophene rings is 1. The van der Waals surface area contributed by atoms with Gasteiger partial charge in [0.05, 0.1) is 12.6 Å². The van der Waals surface area contributed by atoms with E-state index in [1.165, 1.54) is 16.9 Å². The Kier molecular flexibility index (Phi) is 4.40. The Morgan fingerprint density at radius 1 is 1.61 bits per heavy atom. The number of nitrogens with zero attached hydrogens (tertiary/aromatic N) is 1. The van der Waals surface area contributed by atoms with Crippen LogP contribution >= 0.6 is 11.3 Å². The molecule has 1 aliphatic rings. The van der Waals surface area contributed by atoms with Gasteiger partial charge in [0.1, 0.15) is 0 Å². The second-order valence-corrected chi connectivity index (χ2v) is 6.27. The highest BCUT2D eigenvalue weighted by Crippen LogP contribution is 2.20. The van der Waals surface area contributed by atoms with E-state index in [1.54, 1.807) is 11.3 Å². The van der Waals surface area contributed by atoms with Crippen LogP contribution in [0.2, 0.25) is 0 Å². The molecule has 3 nitrogen and oxygen atoms in total. The molecular formula is C14H22N2OS. The Labute approximate surface area is 113 Å². The Morgan fingerprint density at radius 2 is 2.39 bits per heavy atom. The zero-order valence-electron chi connectivity index (χ0n) is 11.4. The summed E-state index contributed by atoms with van der Waals surface area (Å²) in [5, 5.41) is 5.44. The van der Waals surface area contributed by atoms with E-state index >= 15 is 0 Å². The summed E-state index contributed by atoms with van der Waals surface area (Å²) in [5.41, 5.74) is 1.28. The number of nitrogens with one attached hydrogen (secondary N) is 1. The summed E-state index contributed by atoms with van der Waals surface area (Å²) in [4.78, 5) is 15.6. The van der Waals surface area contributed by atoms with Crippen molar-refractivity contribution in [2.24, 2.45) is 5.92 Å². The van der Waals surface area contributed by atoms with E-state index in [-0.39, 0.29) is 11.9 Å². The number of likely N-dealkylation sites (N-methyl/N-ethyl adjacent to an activating group) is 1. The van der Waals surface area contributed by atoms with Crippen LogP contribution in [-0.4, -0.2) is 30.4 Å². The fourth-order valence-corrected chi connectivity index (χ4v) is 3.44. The van der Waals surface area contributed by atoms with Crippen LogP contribution < -0.4 is 5.32 Å². The molecule has 1 aromatic heterocycles. The molecule has 4 heteroatoms. The van der Waals surface area contributed by atoms with Crippen LogP contribution in [0.25, 0.3) is 0 Å². The molecule has 100 valence electrons. The van der Waals surface area contributed by atoms with Gasteiger partial charge in [-0.05, 0) is 49.2 Å². The first kappa shape index (κ1) is 13.6. The van der Waals surface area contributed by atoms with Gasteiger partial charge in [-0.3, -0.25) is 4.79 Å². The molecule has 2 heterocycles. The first-order valence-electron chi connectivity index (χ1n) is 6.61. The lowest BCUT2D eigenvalue weighted by Crippen LogP contribution is -2.51. The number of hydrogen-bond donors (Lipinski definition) is 1. The largest absolute Gasteiger partial charge is 0.339 e. The van der Waals surface area contributed by atoms with Crippen LogP contribution in [0.15, 0.2) is 11.4 Å². The van der Waals surface area contributed by atoms with Gasteiger partial charge in [-0.1, -0.05) is 6.92 Å². The van der Waals surface area contributed by atoms with Gasteiger partial charge >= 0.3 is 0 Å². The lowest BCUT2D eigenvalue weighted by atomic mass is 9.92. The van der Waals surface area contributed by atoms with Crippen molar-refractivity contribution >= 4 is 17.2 Å². The number of rotatable bonds is 3. The van der Waals surface area contributed by atoms with Crippen LogP contribution in [-0.2, 0) is 11.3 Å². The first-order valence-corrected chi connectivity index (χ1v) is 7.49. The van der Waals surface area contributed by atoms with Gasteiger partial charge in [-0.2, -0.15) is 0 Å². The zero-order chi connectivity index (χ0) is 13.1. The molecule has 1 aliphatic heterocycles. The quantitative estimate of drug-likeness (QED) is 0.911. The van der Waals surface area contributed by atoms with Crippen LogP contribution in [0.3, 0.4) is 0 Å². The van der Waals surface area contributed by atoms with E-state index in [0.717, 1.165) is 19.5 Å². The van der Waals surface area contributed by atoms with Crippen molar-refractivity contribution in [3.05, 3.63) is 21.9 Å². The highest BCUT2D eigenvalue weighted by molar-refractivity contribution is 7.10. The summed E-state index contributed by atoms with van der Waals surface area (Å²) in [7, 11) is 1.91. The van der Waals surface area contributed by atoms with E-state index < -0.39 is 0 Å². The van der Waals surface area contributed by atoms with Gasteiger partial charge in [0.25, 0.3) is 0 Å². The number of carbonyl (C=O) groups is 1. The van der Waals surface area contributed by atoms with Gasteiger partial charge in [0.15, 0.2) is 0 Å². The smallest absolute Gasteiger partial charge is 0.240 e. The molecule has 1 saturated heterocycles. The van der Waals surface area contributed by atoms with E-state index in [9.17, 15) is 4.79 Å². The van der Waals surface area contributed by atoms with Gasteiger partial charge in [-0.15, -0.1) is 11.3 Å². The molecule has 0 aliphatic carbocycles. The van der Waals surface area contributed by atoms with E-state index in [1.807, 2.05) is 11.9 Å². The van der Waals surface area contributed by atoms with Crippen molar-refractivity contribution in [1.82, 2.24) is 10.2 Å². The van der Waals surface area contributed by atoms with Crippen molar-refractivity contribution in [2.75, 3.05) is 13.6 Å². The maximum absolute atomic E-state index is 12.4. The van der Waals surface area contributed by atoms with Crippen molar-refractivity contribution in [1.29, 1.82) is 0 Å². The molecule has 1 amide bonds. The van der Waals surface area contributed by atoms with Crippen molar-refractivity contribution in [2.45, 2.75) is 39.3 Å². The average Bonchev–Trinajstić information content (AvgIpc) is 2.75. The fourth-order valence-electron chi connectivity index (χ4n) is 2.48. The number of piperidine rings is 1. The van der Waals surface area contributed by atoms with E-state index in [0.29, 0.717) is 5.92 Å². The van der Waals surface area contributed by atoms with Gasteiger partial charge in [0, 0.05) is 11.9 Å². The second-order valence-electron chi connectivity index (χ2n) is 5.27. The van der Waals surface area contributed by atoms with Crippen LogP contribution in [0.5, 0.6) is 0 Å². The summed E-state index contributed by atoms with van der Waals surface area (Å²) in [6.07, 6.45) is 2.33. The summed E-state index contributed by atoms with van der Waals surface area (Å²) >= 11 is 1.73. The molecule has 2 unspecified atom stereocenters. The molecule has 2 atom stereocenters. The lowest BCUT2D eigenvalue weighted by Gasteiger charge is -2.32. The Morgan fingerprint density at radius 3 is 3.00 bits per heavy atom. The van der Waals surface area contributed by atoms with Crippen LogP contribution in [0.4, 0.5) is 0 Å². The number of amides is 1. The SMILES string of the molecule is Cc1ccsc1CN(C)C(=O)C1NCCCC1C. The molecular weight excluding hydrogens is 244 g/mol. The maximum Gasteiger partial charge on any atom is 0.240 e. The Hall–Kier alpha value is -0.870. The predicted molar refractivity (Wildman–Crippen MR) is 75.7 cm³/mol. The molecule has 0 spiro atoms. The van der Waals surface area contributed by atoms with E-state index in [4.69, 9.17) is 0 Å². The van der Waals surface area contributed by atoms with Gasteiger partial charge in [-0.25, -0.2) is 0 Å². The first-order chi connectivity index (χ1) is 8.59. The highest BCUT2D eigenvalue weighted by Gasteiger charge is 2.29. The van der Waals surface area contributed by atoms with Crippen molar-refractivity contribution in [3.63, 3.8) is 0 Å². The van der Waals surface area contributed by atoms with E-state index in [2.05, 4.69) is 30.6 Å². The minimum atomic E-state index is 0.00372. The Bertz CT molecular complexity index is 416. The van der Waals surface area contributed by atoms with Gasteiger partial charge in [0.2, 0.25) is 5.91 Å². The minimum absolute atomic E-state index is 0.00372. The predicted octanol–water partition coefficient (Wildman–Crippen LogP) is 2.40. The maximum atomic E-state index is 12.4. The van der Waals surface area contributed by atoms with Crippen molar-refractivity contribution < 1.29 is 4.79 Å². The summed E-state index contributed by atoms with van der Waals surface area (Å²) < 4.78 is 0. The number of carbonyl (C=O) groups excluding carboxylic acids is 1. The standard InChI is InChI=1S/C14H22N2OS/c1-10-6-8-18-12(10)9-16(3)14(17)13-11(2)5-4-7-15-13/h6,8,11,13,15H,4-5,7,9H2,1-3H3. The van der Waals surface area contributed by atoms with Crippen LogP contribution in [0.1, 0.15) is 30.2 Å². The molecule has 18 heavy (non-hydrogen) atoms. The minimum Gasteiger partial charge on any atom is -0.339 e. The molecule has 1 N–H and O–H groups in total. The number of aryl methyl sites for hydroxylation is 1. The third-order valence-electron chi connectivity index (χ3n) is 3.76. The molecule has 2 rings (SSSR count). The highest BCUT2D eigenvalue weighted by atomic mass is 32.1. The topological polar surface area (TPSA) is 32.3 Å². The lowest BCUT2D eigenvalue weighted by molar-refractivity contribution is -0.134. The molecule has 0 aromatic carbocycles. The summed E-state index contributed by atoms with van der Waals surface area (Å²) in [5.74, 6) is 0.674. The molecule has 0 radical (unpaired) electrons. The fraction of sp³-hybridized carbons (Fsp3) is 0.643. The summed E-state index contributed by atoms with van der Waals surface area (Å²) in [6.45, 7) is 5.96. The van der Waals surface area contributed by atoms with Crippen LogP contribution in [0, 0.1) is 12.8 Å². The third-order valence-corrected chi connectivity index (χ3v) is 4.77. The van der Waals surface area contributed by atoms with Crippen molar-refractivity contribution in [3.8, 4) is 0 Å². The molecule has 1 aromatic rings. The van der Waals surface area contributed by atoms with Gasteiger partial charge < -0.3 is 10.2 Å². The second kappa shape index (κ2) is 5.85. The zero-order valence-corrected chi connectivity index (χ0v) is 12.2.